The third-order valence-corrected chi connectivity index (χ3v) is 5.94. The van der Waals surface area contributed by atoms with E-state index in [0.717, 1.165) is 0 Å². The Morgan fingerprint density at radius 1 is 1.07 bits per heavy atom. The lowest BCUT2D eigenvalue weighted by molar-refractivity contribution is 0.220. The van der Waals surface area contributed by atoms with Crippen LogP contribution in [0.1, 0.15) is 53.4 Å². The second-order valence-corrected chi connectivity index (χ2v) is 7.79. The first kappa shape index (κ1) is 15.1. The molecule has 92 valence electrons. The van der Waals surface area contributed by atoms with Gasteiger partial charge in [0.15, 0.2) is 0 Å². The average Bonchev–Trinajstić information content (AvgIpc) is 2.16. The van der Waals surface area contributed by atoms with Gasteiger partial charge < -0.3 is 8.85 Å². The number of hydrogen-bond acceptors (Lipinski definition) is 2. The normalized spacial score (nSPS) is 14.6. The van der Waals surface area contributed by atoms with Gasteiger partial charge in [0.1, 0.15) is 0 Å². The van der Waals surface area contributed by atoms with Crippen molar-refractivity contribution in [2.24, 2.45) is 5.41 Å². The lowest BCUT2D eigenvalue weighted by atomic mass is 9.88. The maximum absolute atomic E-state index is 5.54. The van der Waals surface area contributed by atoms with Crippen molar-refractivity contribution in [1.29, 1.82) is 0 Å². The van der Waals surface area contributed by atoms with E-state index in [-0.39, 0.29) is 0 Å². The summed E-state index contributed by atoms with van der Waals surface area (Å²) in [6.45, 7) is 9.12. The van der Waals surface area contributed by atoms with Crippen molar-refractivity contribution in [3.8, 4) is 0 Å². The molecule has 3 heteroatoms. The van der Waals surface area contributed by atoms with Gasteiger partial charge in [0, 0.05) is 19.8 Å². The highest BCUT2D eigenvalue weighted by Crippen LogP contribution is 2.38. The molecule has 1 atom stereocenters. The molecule has 0 radical (unpaired) electrons. The van der Waals surface area contributed by atoms with E-state index >= 15 is 0 Å². The molecule has 0 spiro atoms. The molecule has 0 aliphatic carbocycles. The van der Waals surface area contributed by atoms with E-state index in [1.165, 1.54) is 25.7 Å². The minimum Gasteiger partial charge on any atom is -0.400 e. The van der Waals surface area contributed by atoms with Gasteiger partial charge in [0.25, 0.3) is 0 Å². The third kappa shape index (κ3) is 5.69. The summed E-state index contributed by atoms with van der Waals surface area (Å²) >= 11 is 0. The van der Waals surface area contributed by atoms with Crippen molar-refractivity contribution >= 4 is 9.28 Å². The van der Waals surface area contributed by atoms with Crippen LogP contribution in [0.5, 0.6) is 0 Å². The van der Waals surface area contributed by atoms with Crippen LogP contribution in [0.15, 0.2) is 0 Å². The van der Waals surface area contributed by atoms with Crippen LogP contribution in [0.4, 0.5) is 0 Å². The molecule has 0 saturated carbocycles. The van der Waals surface area contributed by atoms with Crippen molar-refractivity contribution in [3.63, 3.8) is 0 Å². The molecule has 0 aromatic heterocycles. The SMILES string of the molecule is CCCCCC([SiH](OC)OC)C(C)(C)C. The van der Waals surface area contributed by atoms with Crippen molar-refractivity contribution in [1.82, 2.24) is 0 Å². The highest BCUT2D eigenvalue weighted by molar-refractivity contribution is 6.46. The van der Waals surface area contributed by atoms with Crippen LogP contribution < -0.4 is 0 Å². The summed E-state index contributed by atoms with van der Waals surface area (Å²) in [7, 11) is 2.11. The van der Waals surface area contributed by atoms with Crippen molar-refractivity contribution in [3.05, 3.63) is 0 Å². The van der Waals surface area contributed by atoms with Gasteiger partial charge in [0.2, 0.25) is 0 Å². The van der Waals surface area contributed by atoms with Gasteiger partial charge in [-0.1, -0.05) is 47.0 Å². The monoisotopic (exact) mass is 232 g/mol. The lowest BCUT2D eigenvalue weighted by Gasteiger charge is -2.34. The van der Waals surface area contributed by atoms with Gasteiger partial charge in [0.05, 0.1) is 0 Å². The summed E-state index contributed by atoms with van der Waals surface area (Å²) in [5.74, 6) is 0. The summed E-state index contributed by atoms with van der Waals surface area (Å²) in [6, 6.07) is 0. The maximum Gasteiger partial charge on any atom is 0.324 e. The summed E-state index contributed by atoms with van der Waals surface area (Å²) in [5.41, 5.74) is 0.912. The van der Waals surface area contributed by atoms with Crippen LogP contribution in [-0.4, -0.2) is 23.5 Å². The minimum atomic E-state index is -1.47. The highest BCUT2D eigenvalue weighted by atomic mass is 28.3. The molecule has 0 aliphatic heterocycles. The van der Waals surface area contributed by atoms with Gasteiger partial charge in [-0.05, 0) is 11.8 Å². The van der Waals surface area contributed by atoms with Gasteiger partial charge in [-0.15, -0.1) is 0 Å². The first-order valence-electron chi connectivity index (χ1n) is 6.03. The van der Waals surface area contributed by atoms with Crippen LogP contribution in [0.25, 0.3) is 0 Å². The first-order valence-corrected chi connectivity index (χ1v) is 7.63. The fraction of sp³-hybridized carbons (Fsp3) is 1.00. The molecule has 0 fully saturated rings. The molecule has 2 nitrogen and oxygen atoms in total. The molecule has 0 bridgehead atoms. The molecular formula is C12H28O2Si. The molecule has 0 amide bonds. The predicted octanol–water partition coefficient (Wildman–Crippen LogP) is 3.50. The fourth-order valence-corrected chi connectivity index (χ4v) is 4.19. The van der Waals surface area contributed by atoms with Gasteiger partial charge in [-0.25, -0.2) is 0 Å². The Morgan fingerprint density at radius 2 is 1.60 bits per heavy atom. The summed E-state index contributed by atoms with van der Waals surface area (Å²) in [6.07, 6.45) is 5.15. The zero-order chi connectivity index (χ0) is 11.9. The smallest absolute Gasteiger partial charge is 0.324 e. The lowest BCUT2D eigenvalue weighted by Crippen LogP contribution is -2.34. The fourth-order valence-electron chi connectivity index (χ4n) is 2.02. The minimum absolute atomic E-state index is 0.302. The zero-order valence-corrected chi connectivity index (χ0v) is 12.5. The van der Waals surface area contributed by atoms with Crippen LogP contribution >= 0.6 is 0 Å². The number of unbranched alkanes of at least 4 members (excludes halogenated alkanes) is 2. The molecule has 0 N–H and O–H groups in total. The summed E-state index contributed by atoms with van der Waals surface area (Å²) in [4.78, 5) is 0. The molecule has 0 rings (SSSR count). The Morgan fingerprint density at radius 3 is 1.93 bits per heavy atom. The zero-order valence-electron chi connectivity index (χ0n) is 11.3. The first-order chi connectivity index (χ1) is 6.97. The van der Waals surface area contributed by atoms with Crippen LogP contribution in [-0.2, 0) is 8.85 Å². The Kier molecular flexibility index (Phi) is 7.48. The average molecular weight is 232 g/mol. The third-order valence-electron chi connectivity index (χ3n) is 3.02. The molecule has 0 aliphatic rings. The Bertz CT molecular complexity index is 150. The van der Waals surface area contributed by atoms with Crippen LogP contribution in [0.2, 0.25) is 5.54 Å². The predicted molar refractivity (Wildman–Crippen MR) is 68.5 cm³/mol. The maximum atomic E-state index is 5.54. The highest BCUT2D eigenvalue weighted by Gasteiger charge is 2.34. The molecular weight excluding hydrogens is 204 g/mol. The van der Waals surface area contributed by atoms with Gasteiger partial charge in [-0.2, -0.15) is 0 Å². The molecule has 0 saturated heterocycles. The van der Waals surface area contributed by atoms with E-state index in [4.69, 9.17) is 8.85 Å². The molecule has 0 heterocycles. The van der Waals surface area contributed by atoms with Gasteiger partial charge in [-0.3, -0.25) is 0 Å². The summed E-state index contributed by atoms with van der Waals surface area (Å²) in [5, 5.41) is 0. The number of rotatable bonds is 7. The quantitative estimate of drug-likeness (QED) is 0.494. The molecule has 0 aromatic rings. The van der Waals surface area contributed by atoms with E-state index in [0.29, 0.717) is 11.0 Å². The number of hydrogen-bond donors (Lipinski definition) is 0. The second kappa shape index (κ2) is 7.42. The van der Waals surface area contributed by atoms with E-state index in [2.05, 4.69) is 27.7 Å². The van der Waals surface area contributed by atoms with Crippen molar-refractivity contribution in [2.75, 3.05) is 14.2 Å². The molecule has 1 unspecified atom stereocenters. The van der Waals surface area contributed by atoms with Gasteiger partial charge >= 0.3 is 9.28 Å². The van der Waals surface area contributed by atoms with E-state index in [1.807, 2.05) is 0 Å². The van der Waals surface area contributed by atoms with E-state index < -0.39 is 9.28 Å². The summed E-state index contributed by atoms with van der Waals surface area (Å²) < 4.78 is 11.1. The van der Waals surface area contributed by atoms with Crippen LogP contribution in [0, 0.1) is 5.41 Å². The molecule has 0 aromatic carbocycles. The van der Waals surface area contributed by atoms with E-state index in [9.17, 15) is 0 Å². The topological polar surface area (TPSA) is 18.5 Å². The van der Waals surface area contributed by atoms with Crippen LogP contribution in [0.3, 0.4) is 0 Å². The second-order valence-electron chi connectivity index (χ2n) is 5.31. The molecule has 15 heavy (non-hydrogen) atoms. The Balaban J connectivity index is 4.30. The Hall–Kier alpha value is 0.137. The van der Waals surface area contributed by atoms with Crippen molar-refractivity contribution < 1.29 is 8.85 Å². The Labute approximate surface area is 97.2 Å². The van der Waals surface area contributed by atoms with Crippen molar-refractivity contribution in [2.45, 2.75) is 58.9 Å². The largest absolute Gasteiger partial charge is 0.400 e. The van der Waals surface area contributed by atoms with E-state index in [1.54, 1.807) is 14.2 Å². The standard InChI is InChI=1S/C12H28O2Si/c1-7-8-9-10-11(12(2,3)4)15(13-5)14-6/h11,15H,7-10H2,1-6H3.